The van der Waals surface area contributed by atoms with Crippen LogP contribution in [0.1, 0.15) is 42.1 Å². The maximum absolute atomic E-state index is 11.2. The highest BCUT2D eigenvalue weighted by molar-refractivity contribution is 5.89. The second kappa shape index (κ2) is 8.29. The van der Waals surface area contributed by atoms with E-state index in [1.807, 2.05) is 12.1 Å². The molecular weight excluding hydrogens is 244 g/mol. The van der Waals surface area contributed by atoms with Crippen molar-refractivity contribution >= 4 is 11.9 Å². The summed E-state index contributed by atoms with van der Waals surface area (Å²) < 4.78 is 9.49. The minimum Gasteiger partial charge on any atom is -0.466 e. The molecule has 0 aliphatic carbocycles. The number of rotatable bonds is 7. The number of methoxy groups -OCH3 is 1. The quantitative estimate of drug-likeness (QED) is 0.561. The zero-order valence-electron chi connectivity index (χ0n) is 11.5. The standard InChI is InChI=1S/C15H20O4/c1-3-19-14(16)7-5-4-6-12-8-10-13(11-9-12)15(17)18-2/h8-11H,3-7H2,1-2H3. The van der Waals surface area contributed by atoms with Crippen molar-refractivity contribution in [3.63, 3.8) is 0 Å². The number of esters is 2. The average molecular weight is 264 g/mol. The van der Waals surface area contributed by atoms with Crippen molar-refractivity contribution in [3.8, 4) is 0 Å². The van der Waals surface area contributed by atoms with E-state index in [-0.39, 0.29) is 11.9 Å². The number of hydrogen-bond acceptors (Lipinski definition) is 4. The Morgan fingerprint density at radius 1 is 1.11 bits per heavy atom. The smallest absolute Gasteiger partial charge is 0.337 e. The zero-order chi connectivity index (χ0) is 14.1. The first-order valence-electron chi connectivity index (χ1n) is 6.50. The van der Waals surface area contributed by atoms with Crippen LogP contribution < -0.4 is 0 Å². The second-order valence-electron chi connectivity index (χ2n) is 4.20. The Morgan fingerprint density at radius 3 is 2.37 bits per heavy atom. The van der Waals surface area contributed by atoms with Crippen LogP contribution in [0.5, 0.6) is 0 Å². The summed E-state index contributed by atoms with van der Waals surface area (Å²) in [7, 11) is 1.37. The SMILES string of the molecule is CCOC(=O)CCCCc1ccc(C(=O)OC)cc1. The number of hydrogen-bond donors (Lipinski definition) is 0. The molecule has 0 amide bonds. The monoisotopic (exact) mass is 264 g/mol. The molecule has 0 radical (unpaired) electrons. The first-order valence-corrected chi connectivity index (χ1v) is 6.50. The molecule has 0 bridgehead atoms. The Labute approximate surface area is 113 Å². The maximum Gasteiger partial charge on any atom is 0.337 e. The van der Waals surface area contributed by atoms with Gasteiger partial charge >= 0.3 is 11.9 Å². The van der Waals surface area contributed by atoms with Crippen LogP contribution in [-0.4, -0.2) is 25.7 Å². The number of unbranched alkanes of at least 4 members (excludes halogenated alkanes) is 1. The maximum atomic E-state index is 11.2. The lowest BCUT2D eigenvalue weighted by atomic mass is 10.1. The Hall–Kier alpha value is -1.84. The van der Waals surface area contributed by atoms with Crippen molar-refractivity contribution in [2.75, 3.05) is 13.7 Å². The summed E-state index contributed by atoms with van der Waals surface area (Å²) in [6.07, 6.45) is 3.10. The van der Waals surface area contributed by atoms with Crippen LogP contribution in [0.4, 0.5) is 0 Å². The summed E-state index contributed by atoms with van der Waals surface area (Å²) in [5, 5.41) is 0. The van der Waals surface area contributed by atoms with Gasteiger partial charge in [-0.25, -0.2) is 4.79 Å². The number of carbonyl (C=O) groups is 2. The third kappa shape index (κ3) is 5.55. The van der Waals surface area contributed by atoms with Crippen molar-refractivity contribution in [1.29, 1.82) is 0 Å². The van der Waals surface area contributed by atoms with Gasteiger partial charge in [0, 0.05) is 6.42 Å². The van der Waals surface area contributed by atoms with E-state index in [9.17, 15) is 9.59 Å². The van der Waals surface area contributed by atoms with Crippen molar-refractivity contribution < 1.29 is 19.1 Å². The van der Waals surface area contributed by atoms with Crippen molar-refractivity contribution in [1.82, 2.24) is 0 Å². The molecule has 0 unspecified atom stereocenters. The molecule has 0 heterocycles. The largest absolute Gasteiger partial charge is 0.466 e. The molecule has 0 aliphatic heterocycles. The number of carbonyl (C=O) groups excluding carboxylic acids is 2. The highest BCUT2D eigenvalue weighted by atomic mass is 16.5. The molecular formula is C15H20O4. The van der Waals surface area contributed by atoms with Crippen LogP contribution in [0.25, 0.3) is 0 Å². The van der Waals surface area contributed by atoms with Crippen LogP contribution in [-0.2, 0) is 20.7 Å². The highest BCUT2D eigenvalue weighted by Gasteiger charge is 2.05. The van der Waals surface area contributed by atoms with E-state index < -0.39 is 0 Å². The van der Waals surface area contributed by atoms with Crippen LogP contribution >= 0.6 is 0 Å². The van der Waals surface area contributed by atoms with Gasteiger partial charge < -0.3 is 9.47 Å². The van der Waals surface area contributed by atoms with E-state index in [1.165, 1.54) is 7.11 Å². The van der Waals surface area contributed by atoms with Gasteiger partial charge in [0.15, 0.2) is 0 Å². The van der Waals surface area contributed by atoms with E-state index in [1.54, 1.807) is 19.1 Å². The van der Waals surface area contributed by atoms with E-state index >= 15 is 0 Å². The van der Waals surface area contributed by atoms with Gasteiger partial charge in [-0.2, -0.15) is 0 Å². The zero-order valence-corrected chi connectivity index (χ0v) is 11.5. The molecule has 19 heavy (non-hydrogen) atoms. The predicted octanol–water partition coefficient (Wildman–Crippen LogP) is 2.75. The molecule has 0 saturated carbocycles. The van der Waals surface area contributed by atoms with E-state index in [2.05, 4.69) is 4.74 Å². The fourth-order valence-electron chi connectivity index (χ4n) is 1.76. The first-order chi connectivity index (χ1) is 9.17. The van der Waals surface area contributed by atoms with Gasteiger partial charge in [0.05, 0.1) is 19.3 Å². The second-order valence-corrected chi connectivity index (χ2v) is 4.20. The molecule has 1 rings (SSSR count). The minimum absolute atomic E-state index is 0.136. The minimum atomic E-state index is -0.325. The summed E-state index contributed by atoms with van der Waals surface area (Å²) in [6, 6.07) is 7.34. The Balaban J connectivity index is 2.30. The average Bonchev–Trinajstić information content (AvgIpc) is 2.44. The van der Waals surface area contributed by atoms with E-state index in [4.69, 9.17) is 4.74 Å². The van der Waals surface area contributed by atoms with Gasteiger partial charge in [-0.05, 0) is 43.9 Å². The van der Waals surface area contributed by atoms with Gasteiger partial charge in [-0.3, -0.25) is 4.79 Å². The molecule has 4 heteroatoms. The molecule has 1 aromatic rings. The third-order valence-corrected chi connectivity index (χ3v) is 2.78. The summed E-state index contributed by atoms with van der Waals surface area (Å²) >= 11 is 0. The molecule has 0 atom stereocenters. The van der Waals surface area contributed by atoms with Gasteiger partial charge in [0.1, 0.15) is 0 Å². The Bertz CT molecular complexity index is 409. The molecule has 104 valence electrons. The predicted molar refractivity (Wildman–Crippen MR) is 72.0 cm³/mol. The van der Waals surface area contributed by atoms with Gasteiger partial charge in [0.2, 0.25) is 0 Å². The molecule has 0 saturated heterocycles. The van der Waals surface area contributed by atoms with Crippen LogP contribution in [0, 0.1) is 0 Å². The van der Waals surface area contributed by atoms with Gasteiger partial charge in [0.25, 0.3) is 0 Å². The highest BCUT2D eigenvalue weighted by Crippen LogP contribution is 2.10. The Morgan fingerprint density at radius 2 is 1.79 bits per heavy atom. The lowest BCUT2D eigenvalue weighted by Gasteiger charge is -2.04. The molecule has 0 aliphatic rings. The fraction of sp³-hybridized carbons (Fsp3) is 0.467. The summed E-state index contributed by atoms with van der Waals surface area (Å²) in [5.74, 6) is -0.461. The van der Waals surface area contributed by atoms with Crippen molar-refractivity contribution in [3.05, 3.63) is 35.4 Å². The molecule has 0 fully saturated rings. The van der Waals surface area contributed by atoms with Crippen molar-refractivity contribution in [2.45, 2.75) is 32.6 Å². The molecule has 0 aromatic heterocycles. The normalized spacial score (nSPS) is 10.0. The number of aryl methyl sites for hydroxylation is 1. The van der Waals surface area contributed by atoms with Gasteiger partial charge in [-0.1, -0.05) is 12.1 Å². The van der Waals surface area contributed by atoms with E-state index in [0.717, 1.165) is 24.8 Å². The lowest BCUT2D eigenvalue weighted by molar-refractivity contribution is -0.143. The number of benzene rings is 1. The number of ether oxygens (including phenoxy) is 2. The van der Waals surface area contributed by atoms with Crippen LogP contribution in [0.15, 0.2) is 24.3 Å². The summed E-state index contributed by atoms with van der Waals surface area (Å²) in [5.41, 5.74) is 1.70. The summed E-state index contributed by atoms with van der Waals surface area (Å²) in [6.45, 7) is 2.24. The van der Waals surface area contributed by atoms with Gasteiger partial charge in [-0.15, -0.1) is 0 Å². The summed E-state index contributed by atoms with van der Waals surface area (Å²) in [4.78, 5) is 22.4. The molecule has 4 nitrogen and oxygen atoms in total. The van der Waals surface area contributed by atoms with Crippen LogP contribution in [0.2, 0.25) is 0 Å². The lowest BCUT2D eigenvalue weighted by Crippen LogP contribution is -2.03. The first kappa shape index (κ1) is 15.2. The van der Waals surface area contributed by atoms with E-state index in [0.29, 0.717) is 18.6 Å². The third-order valence-electron chi connectivity index (χ3n) is 2.78. The molecule has 0 N–H and O–H groups in total. The fourth-order valence-corrected chi connectivity index (χ4v) is 1.76. The molecule has 0 spiro atoms. The topological polar surface area (TPSA) is 52.6 Å². The van der Waals surface area contributed by atoms with Crippen molar-refractivity contribution in [2.24, 2.45) is 0 Å². The molecule has 1 aromatic carbocycles. The van der Waals surface area contributed by atoms with Crippen LogP contribution in [0.3, 0.4) is 0 Å². The Kier molecular flexibility index (Phi) is 6.64.